The smallest absolute Gasteiger partial charge is 0.222 e. The second-order valence-electron chi connectivity index (χ2n) is 6.61. The van der Waals surface area contributed by atoms with Gasteiger partial charge >= 0.3 is 0 Å². The van der Waals surface area contributed by atoms with E-state index in [1.807, 2.05) is 30.3 Å². The number of benzene rings is 1. The zero-order chi connectivity index (χ0) is 17.5. The van der Waals surface area contributed by atoms with Gasteiger partial charge in [0.1, 0.15) is 6.10 Å². The van der Waals surface area contributed by atoms with Crippen molar-refractivity contribution in [2.45, 2.75) is 44.4 Å². The van der Waals surface area contributed by atoms with E-state index in [1.165, 1.54) is 0 Å². The summed E-state index contributed by atoms with van der Waals surface area (Å²) in [5.41, 5.74) is 1.10. The molecule has 6 nitrogen and oxygen atoms in total. The summed E-state index contributed by atoms with van der Waals surface area (Å²) in [6, 6.07) is 9.93. The molecule has 0 bridgehead atoms. The Morgan fingerprint density at radius 1 is 1.32 bits per heavy atom. The van der Waals surface area contributed by atoms with E-state index >= 15 is 0 Å². The number of carbonyl (C=O) groups is 2. The Hall–Kier alpha value is -1.92. The molecule has 2 heterocycles. The molecule has 0 aliphatic carbocycles. The number of rotatable bonds is 7. The number of hydrogen-bond acceptors (Lipinski definition) is 4. The molecular formula is C19H26N2O4. The summed E-state index contributed by atoms with van der Waals surface area (Å²) in [6.45, 7) is 2.89. The highest BCUT2D eigenvalue weighted by Crippen LogP contribution is 2.15. The fraction of sp³-hybridized carbons (Fsp3) is 0.579. The Kier molecular flexibility index (Phi) is 6.42. The SMILES string of the molecule is O=C(CCN1CCCC1=O)N[C@@H]1CCOC[C@H]1OCc1ccccc1. The lowest BCUT2D eigenvalue weighted by atomic mass is 10.1. The van der Waals surface area contributed by atoms with Gasteiger partial charge in [0.2, 0.25) is 11.8 Å². The molecule has 1 aromatic rings. The van der Waals surface area contributed by atoms with Crippen molar-refractivity contribution < 1.29 is 19.1 Å². The largest absolute Gasteiger partial charge is 0.379 e. The third kappa shape index (κ3) is 5.28. The summed E-state index contributed by atoms with van der Waals surface area (Å²) in [5, 5.41) is 3.06. The van der Waals surface area contributed by atoms with E-state index in [4.69, 9.17) is 9.47 Å². The molecule has 2 fully saturated rings. The molecule has 0 radical (unpaired) electrons. The quantitative estimate of drug-likeness (QED) is 0.812. The standard InChI is InChI=1S/C19H26N2O4/c22-18(8-11-21-10-4-7-19(21)23)20-16-9-12-24-14-17(16)25-13-15-5-2-1-3-6-15/h1-3,5-6,16-17H,4,7-14H2,(H,20,22)/t16-,17-/m1/s1. The summed E-state index contributed by atoms with van der Waals surface area (Å²) in [7, 11) is 0. The predicted molar refractivity (Wildman–Crippen MR) is 92.8 cm³/mol. The molecular weight excluding hydrogens is 320 g/mol. The van der Waals surface area contributed by atoms with E-state index in [2.05, 4.69) is 5.32 Å². The van der Waals surface area contributed by atoms with Crippen LogP contribution in [0.2, 0.25) is 0 Å². The van der Waals surface area contributed by atoms with Crippen LogP contribution >= 0.6 is 0 Å². The molecule has 136 valence electrons. The zero-order valence-corrected chi connectivity index (χ0v) is 14.5. The molecule has 6 heteroatoms. The lowest BCUT2D eigenvalue weighted by molar-refractivity contribution is -0.129. The summed E-state index contributed by atoms with van der Waals surface area (Å²) >= 11 is 0. The van der Waals surface area contributed by atoms with Crippen molar-refractivity contribution in [3.63, 3.8) is 0 Å². The minimum Gasteiger partial charge on any atom is -0.379 e. The Morgan fingerprint density at radius 3 is 2.92 bits per heavy atom. The molecule has 2 amide bonds. The van der Waals surface area contributed by atoms with Crippen LogP contribution in [0.5, 0.6) is 0 Å². The number of hydrogen-bond donors (Lipinski definition) is 1. The molecule has 25 heavy (non-hydrogen) atoms. The van der Waals surface area contributed by atoms with Crippen molar-refractivity contribution >= 4 is 11.8 Å². The Balaban J connectivity index is 1.45. The molecule has 2 saturated heterocycles. The maximum atomic E-state index is 12.2. The van der Waals surface area contributed by atoms with Crippen LogP contribution in [0.15, 0.2) is 30.3 Å². The first kappa shape index (κ1) is 17.9. The van der Waals surface area contributed by atoms with E-state index < -0.39 is 0 Å². The van der Waals surface area contributed by atoms with Crippen LogP contribution in [-0.4, -0.2) is 55.2 Å². The van der Waals surface area contributed by atoms with Crippen LogP contribution in [0.3, 0.4) is 0 Å². The second kappa shape index (κ2) is 8.97. The van der Waals surface area contributed by atoms with Crippen molar-refractivity contribution in [3.8, 4) is 0 Å². The normalized spacial score (nSPS) is 23.7. The molecule has 1 N–H and O–H groups in total. The summed E-state index contributed by atoms with van der Waals surface area (Å²) in [6.07, 6.45) is 2.45. The van der Waals surface area contributed by atoms with E-state index in [0.717, 1.165) is 24.9 Å². The van der Waals surface area contributed by atoms with Gasteiger partial charge in [-0.05, 0) is 18.4 Å². The van der Waals surface area contributed by atoms with Gasteiger partial charge in [0.05, 0.1) is 19.3 Å². The van der Waals surface area contributed by atoms with Crippen LogP contribution in [0, 0.1) is 0 Å². The number of nitrogens with zero attached hydrogens (tertiary/aromatic N) is 1. The number of likely N-dealkylation sites (tertiary alicyclic amines) is 1. The molecule has 0 saturated carbocycles. The minimum absolute atomic E-state index is 0.0279. The predicted octanol–water partition coefficient (Wildman–Crippen LogP) is 1.49. The van der Waals surface area contributed by atoms with Gasteiger partial charge in [0.25, 0.3) is 0 Å². The Bertz CT molecular complexity index is 578. The summed E-state index contributed by atoms with van der Waals surface area (Å²) in [5.74, 6) is 0.128. The van der Waals surface area contributed by atoms with Gasteiger partial charge in [-0.15, -0.1) is 0 Å². The van der Waals surface area contributed by atoms with Crippen LogP contribution in [0.1, 0.15) is 31.2 Å². The van der Waals surface area contributed by atoms with Crippen LogP contribution < -0.4 is 5.32 Å². The van der Waals surface area contributed by atoms with Gasteiger partial charge < -0.3 is 19.7 Å². The fourth-order valence-electron chi connectivity index (χ4n) is 3.27. The van der Waals surface area contributed by atoms with Crippen LogP contribution in [0.25, 0.3) is 0 Å². The van der Waals surface area contributed by atoms with E-state index in [9.17, 15) is 9.59 Å². The number of ether oxygens (including phenoxy) is 2. The van der Waals surface area contributed by atoms with Crippen molar-refractivity contribution in [2.24, 2.45) is 0 Å². The van der Waals surface area contributed by atoms with Gasteiger partial charge in [-0.3, -0.25) is 9.59 Å². The molecule has 3 rings (SSSR count). The fourth-order valence-corrected chi connectivity index (χ4v) is 3.27. The topological polar surface area (TPSA) is 67.9 Å². The Labute approximate surface area is 148 Å². The lowest BCUT2D eigenvalue weighted by Crippen LogP contribution is -2.50. The molecule has 2 aliphatic heterocycles. The third-order valence-electron chi connectivity index (χ3n) is 4.74. The first-order valence-corrected chi connectivity index (χ1v) is 9.03. The molecule has 2 atom stereocenters. The van der Waals surface area contributed by atoms with E-state index in [1.54, 1.807) is 4.90 Å². The van der Waals surface area contributed by atoms with Gasteiger partial charge in [0, 0.05) is 32.5 Å². The molecule has 1 aromatic carbocycles. The number of amides is 2. The second-order valence-corrected chi connectivity index (χ2v) is 6.61. The van der Waals surface area contributed by atoms with Crippen LogP contribution in [0.4, 0.5) is 0 Å². The van der Waals surface area contributed by atoms with Crippen LogP contribution in [-0.2, 0) is 25.7 Å². The molecule has 0 unspecified atom stereocenters. The average Bonchev–Trinajstić information content (AvgIpc) is 3.05. The molecule has 0 spiro atoms. The van der Waals surface area contributed by atoms with Crippen molar-refractivity contribution in [3.05, 3.63) is 35.9 Å². The van der Waals surface area contributed by atoms with E-state index in [0.29, 0.717) is 39.2 Å². The minimum atomic E-state index is -0.147. The van der Waals surface area contributed by atoms with Crippen molar-refractivity contribution in [2.75, 3.05) is 26.3 Å². The first-order valence-electron chi connectivity index (χ1n) is 9.03. The van der Waals surface area contributed by atoms with Gasteiger partial charge in [-0.25, -0.2) is 0 Å². The van der Waals surface area contributed by atoms with Gasteiger partial charge in [0.15, 0.2) is 0 Å². The highest BCUT2D eigenvalue weighted by atomic mass is 16.5. The highest BCUT2D eigenvalue weighted by molar-refractivity contribution is 5.80. The third-order valence-corrected chi connectivity index (χ3v) is 4.74. The summed E-state index contributed by atoms with van der Waals surface area (Å²) in [4.78, 5) is 25.6. The number of carbonyl (C=O) groups excluding carboxylic acids is 2. The lowest BCUT2D eigenvalue weighted by Gasteiger charge is -2.32. The molecule has 2 aliphatic rings. The van der Waals surface area contributed by atoms with Gasteiger partial charge in [-0.2, -0.15) is 0 Å². The average molecular weight is 346 g/mol. The van der Waals surface area contributed by atoms with Crippen molar-refractivity contribution in [1.82, 2.24) is 10.2 Å². The summed E-state index contributed by atoms with van der Waals surface area (Å²) < 4.78 is 11.5. The van der Waals surface area contributed by atoms with E-state index in [-0.39, 0.29) is 24.0 Å². The van der Waals surface area contributed by atoms with Gasteiger partial charge in [-0.1, -0.05) is 30.3 Å². The van der Waals surface area contributed by atoms with Crippen molar-refractivity contribution in [1.29, 1.82) is 0 Å². The maximum absolute atomic E-state index is 12.2. The highest BCUT2D eigenvalue weighted by Gasteiger charge is 2.28. The maximum Gasteiger partial charge on any atom is 0.222 e. The monoisotopic (exact) mass is 346 g/mol. The Morgan fingerprint density at radius 2 is 2.16 bits per heavy atom. The zero-order valence-electron chi connectivity index (χ0n) is 14.5. The number of nitrogens with one attached hydrogen (secondary N) is 1. The molecule has 0 aromatic heterocycles. The first-order chi connectivity index (χ1) is 12.2.